The van der Waals surface area contributed by atoms with E-state index in [1.54, 1.807) is 7.11 Å². The number of benzene rings is 1. The van der Waals surface area contributed by atoms with Crippen molar-refractivity contribution in [3.8, 4) is 11.5 Å². The van der Waals surface area contributed by atoms with Crippen molar-refractivity contribution in [2.45, 2.75) is 13.3 Å². The first-order chi connectivity index (χ1) is 8.76. The fourth-order valence-corrected chi connectivity index (χ4v) is 1.58. The second-order valence-electron chi connectivity index (χ2n) is 4.35. The third kappa shape index (κ3) is 5.89. The number of nitrogens with one attached hydrogen (secondary N) is 1. The molecular weight excluding hydrogens is 230 g/mol. The van der Waals surface area contributed by atoms with E-state index in [9.17, 15) is 0 Å². The van der Waals surface area contributed by atoms with Crippen molar-refractivity contribution in [2.75, 3.05) is 33.4 Å². The Morgan fingerprint density at radius 2 is 1.89 bits per heavy atom. The van der Waals surface area contributed by atoms with Gasteiger partial charge >= 0.3 is 0 Å². The van der Waals surface area contributed by atoms with E-state index in [1.165, 1.54) is 0 Å². The number of hydrogen-bond donors (Lipinski definition) is 2. The Kier molecular flexibility index (Phi) is 7.22. The predicted octanol–water partition coefficient (Wildman–Crippen LogP) is 1.68. The van der Waals surface area contributed by atoms with Crippen molar-refractivity contribution in [3.05, 3.63) is 24.3 Å². The average Bonchev–Trinajstić information content (AvgIpc) is 2.39. The molecule has 102 valence electrons. The lowest BCUT2D eigenvalue weighted by Gasteiger charge is -2.11. The van der Waals surface area contributed by atoms with Crippen LogP contribution in [0, 0.1) is 5.92 Å². The van der Waals surface area contributed by atoms with Crippen LogP contribution in [0.4, 0.5) is 0 Å². The average molecular weight is 253 g/mol. The number of aliphatic hydroxyl groups excluding tert-OH is 1. The molecule has 0 aromatic heterocycles. The minimum atomic E-state index is 0.255. The maximum absolute atomic E-state index is 8.77. The van der Waals surface area contributed by atoms with Crippen LogP contribution in [0.2, 0.25) is 0 Å². The van der Waals surface area contributed by atoms with Gasteiger partial charge in [0.05, 0.1) is 7.11 Å². The van der Waals surface area contributed by atoms with E-state index in [1.807, 2.05) is 24.3 Å². The van der Waals surface area contributed by atoms with Gasteiger partial charge in [-0.3, -0.25) is 0 Å². The van der Waals surface area contributed by atoms with Gasteiger partial charge in [0.2, 0.25) is 0 Å². The summed E-state index contributed by atoms with van der Waals surface area (Å²) in [5.74, 6) is 2.18. The second kappa shape index (κ2) is 8.78. The van der Waals surface area contributed by atoms with Crippen LogP contribution in [-0.4, -0.2) is 38.5 Å². The van der Waals surface area contributed by atoms with Gasteiger partial charge in [0.1, 0.15) is 18.1 Å². The lowest BCUT2D eigenvalue weighted by atomic mass is 10.1. The van der Waals surface area contributed by atoms with E-state index in [4.69, 9.17) is 14.6 Å². The molecule has 0 saturated carbocycles. The summed E-state index contributed by atoms with van der Waals surface area (Å²) in [6, 6.07) is 7.55. The number of methoxy groups -OCH3 is 1. The van der Waals surface area contributed by atoms with Crippen molar-refractivity contribution in [2.24, 2.45) is 5.92 Å². The SMILES string of the molecule is COc1ccc(OCCNCC(C)CCO)cc1. The van der Waals surface area contributed by atoms with Crippen molar-refractivity contribution in [1.29, 1.82) is 0 Å². The monoisotopic (exact) mass is 253 g/mol. The summed E-state index contributed by atoms with van der Waals surface area (Å²) in [5, 5.41) is 12.1. The Balaban J connectivity index is 2.10. The number of rotatable bonds is 9. The zero-order valence-corrected chi connectivity index (χ0v) is 11.2. The smallest absolute Gasteiger partial charge is 0.119 e. The zero-order valence-electron chi connectivity index (χ0n) is 11.2. The highest BCUT2D eigenvalue weighted by atomic mass is 16.5. The molecule has 1 aromatic carbocycles. The molecule has 0 radical (unpaired) electrons. The Bertz CT molecular complexity index is 313. The zero-order chi connectivity index (χ0) is 13.2. The molecule has 4 nitrogen and oxygen atoms in total. The van der Waals surface area contributed by atoms with E-state index in [0.717, 1.165) is 31.0 Å². The first kappa shape index (κ1) is 14.8. The van der Waals surface area contributed by atoms with Crippen LogP contribution in [0.25, 0.3) is 0 Å². The summed E-state index contributed by atoms with van der Waals surface area (Å²) >= 11 is 0. The third-order valence-electron chi connectivity index (χ3n) is 2.72. The highest BCUT2D eigenvalue weighted by molar-refractivity contribution is 5.31. The molecule has 0 saturated heterocycles. The fourth-order valence-electron chi connectivity index (χ4n) is 1.58. The Morgan fingerprint density at radius 1 is 1.22 bits per heavy atom. The van der Waals surface area contributed by atoms with Crippen LogP contribution in [0.3, 0.4) is 0 Å². The van der Waals surface area contributed by atoms with E-state index in [-0.39, 0.29) is 6.61 Å². The van der Waals surface area contributed by atoms with Crippen LogP contribution >= 0.6 is 0 Å². The van der Waals surface area contributed by atoms with E-state index < -0.39 is 0 Å². The van der Waals surface area contributed by atoms with Gasteiger partial charge in [-0.25, -0.2) is 0 Å². The highest BCUT2D eigenvalue weighted by Gasteiger charge is 2.00. The Hall–Kier alpha value is -1.26. The number of ether oxygens (including phenoxy) is 2. The molecule has 18 heavy (non-hydrogen) atoms. The van der Waals surface area contributed by atoms with Crippen molar-refractivity contribution < 1.29 is 14.6 Å². The van der Waals surface area contributed by atoms with Gasteiger partial charge in [-0.15, -0.1) is 0 Å². The van der Waals surface area contributed by atoms with Crippen molar-refractivity contribution >= 4 is 0 Å². The van der Waals surface area contributed by atoms with Gasteiger partial charge < -0.3 is 19.9 Å². The van der Waals surface area contributed by atoms with Gasteiger partial charge in [0.25, 0.3) is 0 Å². The van der Waals surface area contributed by atoms with Crippen molar-refractivity contribution in [1.82, 2.24) is 5.32 Å². The molecule has 0 aliphatic heterocycles. The number of aliphatic hydroxyl groups is 1. The molecule has 0 aliphatic carbocycles. The maximum atomic E-state index is 8.77. The van der Waals surface area contributed by atoms with Crippen LogP contribution in [0.15, 0.2) is 24.3 Å². The number of hydrogen-bond acceptors (Lipinski definition) is 4. The summed E-state index contributed by atoms with van der Waals surface area (Å²) in [7, 11) is 1.65. The largest absolute Gasteiger partial charge is 0.497 e. The van der Waals surface area contributed by atoms with Crippen LogP contribution in [0.1, 0.15) is 13.3 Å². The first-order valence-electron chi connectivity index (χ1n) is 6.34. The molecule has 1 unspecified atom stereocenters. The third-order valence-corrected chi connectivity index (χ3v) is 2.72. The van der Waals surface area contributed by atoms with Crippen molar-refractivity contribution in [3.63, 3.8) is 0 Å². The van der Waals surface area contributed by atoms with Gasteiger partial charge in [0, 0.05) is 13.2 Å². The molecule has 4 heteroatoms. The maximum Gasteiger partial charge on any atom is 0.119 e. The van der Waals surface area contributed by atoms with Gasteiger partial charge in [-0.05, 0) is 43.1 Å². The summed E-state index contributed by atoms with van der Waals surface area (Å²) < 4.78 is 10.7. The highest BCUT2D eigenvalue weighted by Crippen LogP contribution is 2.16. The molecule has 2 N–H and O–H groups in total. The lowest BCUT2D eigenvalue weighted by Crippen LogP contribution is -2.26. The summed E-state index contributed by atoms with van der Waals surface area (Å²) in [4.78, 5) is 0. The lowest BCUT2D eigenvalue weighted by molar-refractivity contribution is 0.256. The van der Waals surface area contributed by atoms with E-state index in [0.29, 0.717) is 12.5 Å². The quantitative estimate of drug-likeness (QED) is 0.657. The van der Waals surface area contributed by atoms with Gasteiger partial charge in [-0.2, -0.15) is 0 Å². The molecular formula is C14H23NO3. The van der Waals surface area contributed by atoms with Crippen LogP contribution < -0.4 is 14.8 Å². The molecule has 0 spiro atoms. The van der Waals surface area contributed by atoms with Crippen LogP contribution in [-0.2, 0) is 0 Å². The van der Waals surface area contributed by atoms with Crippen LogP contribution in [0.5, 0.6) is 11.5 Å². The topological polar surface area (TPSA) is 50.7 Å². The fraction of sp³-hybridized carbons (Fsp3) is 0.571. The molecule has 0 heterocycles. The van der Waals surface area contributed by atoms with Gasteiger partial charge in [-0.1, -0.05) is 6.92 Å². The Morgan fingerprint density at radius 3 is 2.50 bits per heavy atom. The summed E-state index contributed by atoms with van der Waals surface area (Å²) in [6.45, 7) is 4.73. The Labute approximate surface area is 109 Å². The minimum Gasteiger partial charge on any atom is -0.497 e. The van der Waals surface area contributed by atoms with Gasteiger partial charge in [0.15, 0.2) is 0 Å². The molecule has 1 aromatic rings. The molecule has 0 bridgehead atoms. The molecule has 1 rings (SSSR count). The molecule has 1 atom stereocenters. The predicted molar refractivity (Wildman–Crippen MR) is 72.2 cm³/mol. The van der Waals surface area contributed by atoms with E-state index in [2.05, 4.69) is 12.2 Å². The standard InChI is InChI=1S/C14H23NO3/c1-12(7-9-16)11-15-8-10-18-14-5-3-13(17-2)4-6-14/h3-6,12,15-16H,7-11H2,1-2H3. The normalized spacial score (nSPS) is 12.2. The van der Waals surface area contributed by atoms with E-state index >= 15 is 0 Å². The summed E-state index contributed by atoms with van der Waals surface area (Å²) in [5.41, 5.74) is 0. The molecule has 0 aliphatic rings. The second-order valence-corrected chi connectivity index (χ2v) is 4.35. The minimum absolute atomic E-state index is 0.255. The first-order valence-corrected chi connectivity index (χ1v) is 6.34. The molecule has 0 amide bonds. The summed E-state index contributed by atoms with van der Waals surface area (Å²) in [6.07, 6.45) is 0.840. The molecule has 0 fully saturated rings.